The quantitative estimate of drug-likeness (QED) is 0.581. The van der Waals surface area contributed by atoms with Crippen LogP contribution in [-0.4, -0.2) is 88.3 Å². The van der Waals surface area contributed by atoms with Crippen molar-refractivity contribution in [1.82, 2.24) is 14.7 Å². The van der Waals surface area contributed by atoms with E-state index in [0.717, 1.165) is 19.6 Å². The maximum Gasteiger partial charge on any atom is 0.0474 e. The Labute approximate surface area is 107 Å². The molecular formula is C13H29N3O. The molecule has 0 N–H and O–H groups in total. The minimum atomic E-state index is 0.878. The van der Waals surface area contributed by atoms with Crippen molar-refractivity contribution >= 4 is 0 Å². The Bertz CT molecular complexity index is 182. The van der Waals surface area contributed by atoms with E-state index < -0.39 is 0 Å². The number of likely N-dealkylation sites (N-methyl/N-ethyl adjacent to an activating group) is 1. The van der Waals surface area contributed by atoms with Crippen LogP contribution in [0, 0.1) is 0 Å². The monoisotopic (exact) mass is 243 g/mol. The first-order valence-electron chi connectivity index (χ1n) is 6.80. The van der Waals surface area contributed by atoms with Crippen LogP contribution in [0.5, 0.6) is 0 Å². The third kappa shape index (κ3) is 6.99. The van der Waals surface area contributed by atoms with Gasteiger partial charge in [0.1, 0.15) is 0 Å². The number of rotatable bonds is 8. The first-order valence-corrected chi connectivity index (χ1v) is 6.80. The average molecular weight is 243 g/mol. The molecule has 4 heteroatoms. The summed E-state index contributed by atoms with van der Waals surface area (Å²) in [6, 6.07) is 0. The molecule has 0 aromatic heterocycles. The largest absolute Gasteiger partial charge is 0.385 e. The Hall–Kier alpha value is -0.160. The van der Waals surface area contributed by atoms with E-state index in [9.17, 15) is 0 Å². The van der Waals surface area contributed by atoms with E-state index in [2.05, 4.69) is 28.8 Å². The zero-order valence-electron chi connectivity index (χ0n) is 11.8. The van der Waals surface area contributed by atoms with Gasteiger partial charge in [0.05, 0.1) is 0 Å². The highest BCUT2D eigenvalue weighted by atomic mass is 16.5. The van der Waals surface area contributed by atoms with Crippen molar-refractivity contribution in [3.8, 4) is 0 Å². The number of nitrogens with zero attached hydrogens (tertiary/aromatic N) is 3. The number of hydrogen-bond donors (Lipinski definition) is 0. The minimum absolute atomic E-state index is 0.878. The molecule has 1 saturated heterocycles. The molecule has 0 aromatic carbocycles. The van der Waals surface area contributed by atoms with E-state index in [1.807, 2.05) is 0 Å². The van der Waals surface area contributed by atoms with Crippen molar-refractivity contribution in [2.24, 2.45) is 0 Å². The second kappa shape index (κ2) is 8.86. The molecule has 0 unspecified atom stereocenters. The number of hydrogen-bond acceptors (Lipinski definition) is 4. The van der Waals surface area contributed by atoms with E-state index in [1.54, 1.807) is 7.11 Å². The van der Waals surface area contributed by atoms with E-state index in [0.29, 0.717) is 0 Å². The fourth-order valence-corrected chi connectivity index (χ4v) is 2.23. The Balaban J connectivity index is 1.95. The van der Waals surface area contributed by atoms with Gasteiger partial charge in [-0.25, -0.2) is 0 Å². The summed E-state index contributed by atoms with van der Waals surface area (Å²) in [5.74, 6) is 0. The van der Waals surface area contributed by atoms with Crippen LogP contribution in [0.25, 0.3) is 0 Å². The molecule has 0 amide bonds. The van der Waals surface area contributed by atoms with E-state index in [-0.39, 0.29) is 0 Å². The summed E-state index contributed by atoms with van der Waals surface area (Å²) in [5, 5.41) is 0. The molecule has 1 heterocycles. The Morgan fingerprint density at radius 1 is 1.06 bits per heavy atom. The standard InChI is InChI=1S/C13H29N3O/c1-14(7-5-13-17-3)6-4-8-16-11-9-15(2)10-12-16/h4-13H2,1-3H3. The summed E-state index contributed by atoms with van der Waals surface area (Å²) in [6.07, 6.45) is 2.43. The van der Waals surface area contributed by atoms with Gasteiger partial charge in [-0.15, -0.1) is 0 Å². The summed E-state index contributed by atoms with van der Waals surface area (Å²) in [6.45, 7) is 9.42. The average Bonchev–Trinajstić information content (AvgIpc) is 2.32. The van der Waals surface area contributed by atoms with Crippen molar-refractivity contribution in [2.45, 2.75) is 12.8 Å². The Morgan fingerprint density at radius 2 is 1.71 bits per heavy atom. The van der Waals surface area contributed by atoms with Crippen LogP contribution in [0.15, 0.2) is 0 Å². The van der Waals surface area contributed by atoms with Crippen LogP contribution in [0.1, 0.15) is 12.8 Å². The van der Waals surface area contributed by atoms with Gasteiger partial charge in [-0.1, -0.05) is 0 Å². The molecule has 1 rings (SSSR count). The van der Waals surface area contributed by atoms with Gasteiger partial charge in [0.2, 0.25) is 0 Å². The van der Waals surface area contributed by atoms with Crippen LogP contribution in [-0.2, 0) is 4.74 Å². The SMILES string of the molecule is COCCCN(C)CCCN1CCN(C)CC1. The predicted octanol–water partition coefficient (Wildman–Crippen LogP) is 0.592. The number of piperazine rings is 1. The molecule has 1 aliphatic rings. The van der Waals surface area contributed by atoms with Gasteiger partial charge < -0.3 is 19.4 Å². The molecule has 0 aliphatic carbocycles. The van der Waals surface area contributed by atoms with Crippen molar-refractivity contribution in [3.63, 3.8) is 0 Å². The van der Waals surface area contributed by atoms with Crippen molar-refractivity contribution in [2.75, 3.05) is 73.6 Å². The zero-order chi connectivity index (χ0) is 12.5. The minimum Gasteiger partial charge on any atom is -0.385 e. The summed E-state index contributed by atoms with van der Waals surface area (Å²) >= 11 is 0. The molecule has 17 heavy (non-hydrogen) atoms. The molecule has 0 atom stereocenters. The first kappa shape index (κ1) is 14.9. The predicted molar refractivity (Wildman–Crippen MR) is 72.5 cm³/mol. The smallest absolute Gasteiger partial charge is 0.0474 e. The Morgan fingerprint density at radius 3 is 2.35 bits per heavy atom. The second-order valence-electron chi connectivity index (χ2n) is 5.15. The Kier molecular flexibility index (Phi) is 7.77. The second-order valence-corrected chi connectivity index (χ2v) is 5.15. The van der Waals surface area contributed by atoms with Gasteiger partial charge in [-0.3, -0.25) is 0 Å². The molecule has 0 saturated carbocycles. The van der Waals surface area contributed by atoms with Gasteiger partial charge in [-0.2, -0.15) is 0 Å². The number of ether oxygens (including phenoxy) is 1. The third-order valence-electron chi connectivity index (χ3n) is 3.50. The molecule has 0 radical (unpaired) electrons. The van der Waals surface area contributed by atoms with E-state index in [4.69, 9.17) is 4.74 Å². The normalized spacial score (nSPS) is 19.1. The van der Waals surface area contributed by atoms with Gasteiger partial charge in [0, 0.05) is 46.4 Å². The summed E-state index contributed by atoms with van der Waals surface area (Å²) < 4.78 is 5.06. The van der Waals surface area contributed by atoms with Crippen LogP contribution < -0.4 is 0 Å². The van der Waals surface area contributed by atoms with Crippen LogP contribution in [0.2, 0.25) is 0 Å². The molecule has 0 spiro atoms. The molecule has 0 bridgehead atoms. The van der Waals surface area contributed by atoms with Gasteiger partial charge in [-0.05, 0) is 40.0 Å². The summed E-state index contributed by atoms with van der Waals surface area (Å²) in [7, 11) is 6.19. The zero-order valence-corrected chi connectivity index (χ0v) is 11.8. The van der Waals surface area contributed by atoms with Crippen LogP contribution in [0.4, 0.5) is 0 Å². The maximum atomic E-state index is 5.06. The van der Waals surface area contributed by atoms with E-state index in [1.165, 1.54) is 45.7 Å². The van der Waals surface area contributed by atoms with Gasteiger partial charge in [0.25, 0.3) is 0 Å². The molecular weight excluding hydrogens is 214 g/mol. The molecule has 1 aliphatic heterocycles. The van der Waals surface area contributed by atoms with Gasteiger partial charge >= 0.3 is 0 Å². The van der Waals surface area contributed by atoms with Crippen LogP contribution >= 0.6 is 0 Å². The summed E-state index contributed by atoms with van der Waals surface area (Å²) in [4.78, 5) is 7.41. The van der Waals surface area contributed by atoms with Crippen molar-refractivity contribution in [3.05, 3.63) is 0 Å². The summed E-state index contributed by atoms with van der Waals surface area (Å²) in [5.41, 5.74) is 0. The topological polar surface area (TPSA) is 19.0 Å². The highest BCUT2D eigenvalue weighted by Crippen LogP contribution is 2.00. The van der Waals surface area contributed by atoms with E-state index >= 15 is 0 Å². The molecule has 102 valence electrons. The number of methoxy groups -OCH3 is 1. The lowest BCUT2D eigenvalue weighted by atomic mass is 10.3. The van der Waals surface area contributed by atoms with Gasteiger partial charge in [0.15, 0.2) is 0 Å². The van der Waals surface area contributed by atoms with Crippen molar-refractivity contribution in [1.29, 1.82) is 0 Å². The third-order valence-corrected chi connectivity index (χ3v) is 3.50. The lowest BCUT2D eigenvalue weighted by Crippen LogP contribution is -2.45. The fraction of sp³-hybridized carbons (Fsp3) is 1.00. The van der Waals surface area contributed by atoms with Crippen LogP contribution in [0.3, 0.4) is 0 Å². The fourth-order valence-electron chi connectivity index (χ4n) is 2.23. The lowest BCUT2D eigenvalue weighted by Gasteiger charge is -2.32. The molecule has 4 nitrogen and oxygen atoms in total. The molecule has 0 aromatic rings. The van der Waals surface area contributed by atoms with Crippen molar-refractivity contribution < 1.29 is 4.74 Å². The lowest BCUT2D eigenvalue weighted by molar-refractivity contribution is 0.145. The molecule has 1 fully saturated rings. The highest BCUT2D eigenvalue weighted by Gasteiger charge is 2.12. The highest BCUT2D eigenvalue weighted by molar-refractivity contribution is 4.69. The first-order chi connectivity index (χ1) is 8.22. The maximum absolute atomic E-state index is 5.06.